The van der Waals surface area contributed by atoms with Crippen molar-refractivity contribution in [3.63, 3.8) is 0 Å². The first-order valence-electron chi connectivity index (χ1n) is 5.48. The molecule has 2 rings (SSSR count). The first-order chi connectivity index (χ1) is 8.11. The molecular weight excluding hydrogens is 224 g/mol. The van der Waals surface area contributed by atoms with Crippen molar-refractivity contribution < 1.29 is 14.7 Å². The maximum Gasteiger partial charge on any atom is 0.326 e. The molecule has 0 aromatic carbocycles. The van der Waals surface area contributed by atoms with E-state index in [1.54, 1.807) is 6.92 Å². The zero-order valence-corrected chi connectivity index (χ0v) is 9.48. The van der Waals surface area contributed by atoms with Gasteiger partial charge in [-0.25, -0.2) is 14.5 Å². The fourth-order valence-corrected chi connectivity index (χ4v) is 2.06. The number of nitrogens with zero attached hydrogens (tertiary/aromatic N) is 4. The molecule has 1 N–H and O–H groups in total. The standard InChI is InChI=1S/C10H14N4O3/c1-7(14-6-11-5-12-14)9(15)13-4-2-3-8(13)10(16)17/h5-8H,2-4H2,1H3,(H,16,17). The topological polar surface area (TPSA) is 88.3 Å². The Morgan fingerprint density at radius 3 is 2.88 bits per heavy atom. The summed E-state index contributed by atoms with van der Waals surface area (Å²) < 4.78 is 1.43. The number of carbonyl (C=O) groups excluding carboxylic acids is 1. The molecule has 2 heterocycles. The summed E-state index contributed by atoms with van der Waals surface area (Å²) in [6.45, 7) is 2.18. The molecule has 0 spiro atoms. The minimum Gasteiger partial charge on any atom is -0.480 e. The molecule has 7 nitrogen and oxygen atoms in total. The van der Waals surface area contributed by atoms with Crippen LogP contribution in [0.4, 0.5) is 0 Å². The first kappa shape index (κ1) is 11.6. The van der Waals surface area contributed by atoms with Gasteiger partial charge in [-0.3, -0.25) is 4.79 Å². The summed E-state index contributed by atoms with van der Waals surface area (Å²) in [6.07, 6.45) is 4.05. The molecule has 1 aliphatic heterocycles. The zero-order chi connectivity index (χ0) is 12.4. The Balaban J connectivity index is 2.12. The van der Waals surface area contributed by atoms with Crippen molar-refractivity contribution in [2.75, 3.05) is 6.54 Å². The number of aromatic nitrogens is 3. The molecule has 92 valence electrons. The molecule has 2 atom stereocenters. The number of carboxylic acids is 1. The van der Waals surface area contributed by atoms with Gasteiger partial charge in [0.1, 0.15) is 24.7 Å². The van der Waals surface area contributed by atoms with Gasteiger partial charge in [-0.05, 0) is 19.8 Å². The van der Waals surface area contributed by atoms with Crippen LogP contribution in [0.15, 0.2) is 12.7 Å². The first-order valence-corrected chi connectivity index (χ1v) is 5.48. The van der Waals surface area contributed by atoms with Crippen LogP contribution in [0.25, 0.3) is 0 Å². The van der Waals surface area contributed by atoms with Crippen LogP contribution >= 0.6 is 0 Å². The molecule has 7 heteroatoms. The number of hydrogen-bond acceptors (Lipinski definition) is 4. The maximum absolute atomic E-state index is 12.1. The molecule has 1 aromatic rings. The van der Waals surface area contributed by atoms with Crippen molar-refractivity contribution >= 4 is 11.9 Å². The van der Waals surface area contributed by atoms with Crippen molar-refractivity contribution in [2.45, 2.75) is 31.8 Å². The Labute approximate surface area is 98.0 Å². The third-order valence-corrected chi connectivity index (χ3v) is 3.01. The van der Waals surface area contributed by atoms with Crippen molar-refractivity contribution in [1.82, 2.24) is 19.7 Å². The smallest absolute Gasteiger partial charge is 0.326 e. The Hall–Kier alpha value is -1.92. The Morgan fingerprint density at radius 2 is 2.29 bits per heavy atom. The largest absolute Gasteiger partial charge is 0.480 e. The van der Waals surface area contributed by atoms with Gasteiger partial charge < -0.3 is 10.0 Å². The van der Waals surface area contributed by atoms with E-state index in [0.29, 0.717) is 13.0 Å². The summed E-state index contributed by atoms with van der Waals surface area (Å²) in [5.74, 6) is -1.16. The molecular formula is C10H14N4O3. The van der Waals surface area contributed by atoms with Crippen LogP contribution in [0, 0.1) is 0 Å². The fourth-order valence-electron chi connectivity index (χ4n) is 2.06. The third kappa shape index (κ3) is 2.13. The summed E-state index contributed by atoms with van der Waals surface area (Å²) >= 11 is 0. The molecule has 0 saturated carbocycles. The van der Waals surface area contributed by atoms with E-state index in [2.05, 4.69) is 10.1 Å². The number of carboxylic acid groups (broad SMARTS) is 1. The van der Waals surface area contributed by atoms with E-state index in [-0.39, 0.29) is 5.91 Å². The predicted octanol–water partition coefficient (Wildman–Crippen LogP) is -0.0853. The number of amides is 1. The molecule has 0 bridgehead atoms. The number of rotatable bonds is 3. The van der Waals surface area contributed by atoms with Gasteiger partial charge in [0.05, 0.1) is 0 Å². The molecule has 1 aliphatic rings. The minimum absolute atomic E-state index is 0.222. The zero-order valence-electron chi connectivity index (χ0n) is 9.48. The number of likely N-dealkylation sites (tertiary alicyclic amines) is 1. The van der Waals surface area contributed by atoms with Crippen LogP contribution in [0.3, 0.4) is 0 Å². The van der Waals surface area contributed by atoms with Crippen molar-refractivity contribution in [3.8, 4) is 0 Å². The van der Waals surface area contributed by atoms with E-state index in [0.717, 1.165) is 6.42 Å². The van der Waals surface area contributed by atoms with Gasteiger partial charge in [-0.1, -0.05) is 0 Å². The van der Waals surface area contributed by atoms with Crippen LogP contribution in [0.1, 0.15) is 25.8 Å². The second kappa shape index (κ2) is 4.52. The van der Waals surface area contributed by atoms with Crippen LogP contribution in [-0.4, -0.2) is 49.2 Å². The lowest BCUT2D eigenvalue weighted by Gasteiger charge is -2.24. The van der Waals surface area contributed by atoms with E-state index >= 15 is 0 Å². The van der Waals surface area contributed by atoms with Crippen molar-refractivity contribution in [2.24, 2.45) is 0 Å². The van der Waals surface area contributed by atoms with E-state index in [1.165, 1.54) is 22.2 Å². The Kier molecular flexibility index (Phi) is 3.08. The lowest BCUT2D eigenvalue weighted by molar-refractivity contribution is -0.149. The molecule has 1 aromatic heterocycles. The summed E-state index contributed by atoms with van der Waals surface area (Å²) in [5, 5.41) is 12.9. The Bertz CT molecular complexity index is 417. The predicted molar refractivity (Wildman–Crippen MR) is 57.1 cm³/mol. The lowest BCUT2D eigenvalue weighted by Crippen LogP contribution is -2.43. The van der Waals surface area contributed by atoms with Crippen molar-refractivity contribution in [3.05, 3.63) is 12.7 Å². The molecule has 1 fully saturated rings. The highest BCUT2D eigenvalue weighted by Gasteiger charge is 2.36. The van der Waals surface area contributed by atoms with E-state index in [9.17, 15) is 9.59 Å². The van der Waals surface area contributed by atoms with Crippen LogP contribution in [0.2, 0.25) is 0 Å². The normalized spacial score (nSPS) is 21.5. The van der Waals surface area contributed by atoms with Crippen molar-refractivity contribution in [1.29, 1.82) is 0 Å². The lowest BCUT2D eigenvalue weighted by atomic mass is 10.2. The van der Waals surface area contributed by atoms with Gasteiger partial charge in [0.25, 0.3) is 0 Å². The molecule has 0 aliphatic carbocycles. The number of hydrogen-bond donors (Lipinski definition) is 1. The van der Waals surface area contributed by atoms with Gasteiger partial charge >= 0.3 is 5.97 Å². The molecule has 2 unspecified atom stereocenters. The molecule has 1 saturated heterocycles. The third-order valence-electron chi connectivity index (χ3n) is 3.01. The summed E-state index contributed by atoms with van der Waals surface area (Å²) in [4.78, 5) is 28.3. The van der Waals surface area contributed by atoms with Gasteiger partial charge in [0.2, 0.25) is 5.91 Å². The second-order valence-electron chi connectivity index (χ2n) is 4.08. The highest BCUT2D eigenvalue weighted by Crippen LogP contribution is 2.21. The fraction of sp³-hybridized carbons (Fsp3) is 0.600. The summed E-state index contributed by atoms with van der Waals surface area (Å²) in [7, 11) is 0. The van der Waals surface area contributed by atoms with Gasteiger partial charge in [0.15, 0.2) is 0 Å². The van der Waals surface area contributed by atoms with Gasteiger partial charge in [0, 0.05) is 6.54 Å². The SMILES string of the molecule is CC(C(=O)N1CCCC1C(=O)O)n1cncn1. The average Bonchev–Trinajstić information content (AvgIpc) is 2.97. The maximum atomic E-state index is 12.1. The quantitative estimate of drug-likeness (QED) is 0.795. The number of carbonyl (C=O) groups is 2. The minimum atomic E-state index is -0.943. The molecule has 0 radical (unpaired) electrons. The van der Waals surface area contributed by atoms with Crippen LogP contribution < -0.4 is 0 Å². The average molecular weight is 238 g/mol. The molecule has 1 amide bonds. The number of aliphatic carboxylic acids is 1. The van der Waals surface area contributed by atoms with Crippen LogP contribution in [0.5, 0.6) is 0 Å². The van der Waals surface area contributed by atoms with Gasteiger partial charge in [-0.15, -0.1) is 0 Å². The van der Waals surface area contributed by atoms with E-state index in [1.807, 2.05) is 0 Å². The van der Waals surface area contributed by atoms with Gasteiger partial charge in [-0.2, -0.15) is 5.10 Å². The van der Waals surface area contributed by atoms with Crippen LogP contribution in [-0.2, 0) is 9.59 Å². The Morgan fingerprint density at radius 1 is 1.53 bits per heavy atom. The van der Waals surface area contributed by atoms with E-state index in [4.69, 9.17) is 5.11 Å². The highest BCUT2D eigenvalue weighted by atomic mass is 16.4. The highest BCUT2D eigenvalue weighted by molar-refractivity contribution is 5.86. The summed E-state index contributed by atoms with van der Waals surface area (Å²) in [5.41, 5.74) is 0. The molecule has 17 heavy (non-hydrogen) atoms. The van der Waals surface area contributed by atoms with E-state index < -0.39 is 18.1 Å². The monoisotopic (exact) mass is 238 g/mol. The summed E-state index contributed by atoms with van der Waals surface area (Å²) in [6, 6.07) is -1.22. The second-order valence-corrected chi connectivity index (χ2v) is 4.08.